The maximum Gasteiger partial charge on any atom is 0.275 e. The number of rotatable bonds is 3. The van der Waals surface area contributed by atoms with Gasteiger partial charge in [0.25, 0.3) is 5.91 Å². The molecule has 0 bridgehead atoms. The summed E-state index contributed by atoms with van der Waals surface area (Å²) in [5, 5.41) is 9.09. The number of halogens is 1. The first kappa shape index (κ1) is 16.1. The summed E-state index contributed by atoms with van der Waals surface area (Å²) in [5.41, 5.74) is 11.7. The molecule has 2 heterocycles. The van der Waals surface area contributed by atoms with Crippen molar-refractivity contribution in [2.45, 2.75) is 0 Å². The summed E-state index contributed by atoms with van der Waals surface area (Å²) in [4.78, 5) is 11.9. The van der Waals surface area contributed by atoms with Gasteiger partial charge in [0.2, 0.25) is 0 Å². The second-order valence-electron chi connectivity index (χ2n) is 5.72. The molecular weight excluding hydrogens is 350 g/mol. The van der Waals surface area contributed by atoms with E-state index in [-0.39, 0.29) is 11.7 Å². The van der Waals surface area contributed by atoms with Crippen molar-refractivity contribution in [3.8, 4) is 16.9 Å². The first-order chi connectivity index (χ1) is 12.6. The molecule has 4 rings (SSSR count). The summed E-state index contributed by atoms with van der Waals surface area (Å²) in [6, 6.07) is 17.1. The fourth-order valence-corrected chi connectivity index (χ4v) is 2.81. The number of nitrogens with two attached hydrogens (primary N) is 1. The average molecular weight is 364 g/mol. The number of hydrogen-bond donors (Lipinski definition) is 2. The largest absolute Gasteiger partial charge is 0.382 e. The summed E-state index contributed by atoms with van der Waals surface area (Å²) >= 11 is 5.99. The van der Waals surface area contributed by atoms with Crippen molar-refractivity contribution in [3.05, 3.63) is 77.0 Å². The Balaban J connectivity index is 1.87. The molecule has 0 atom stereocenters. The minimum Gasteiger partial charge on any atom is -0.382 e. The van der Waals surface area contributed by atoms with Gasteiger partial charge in [0, 0.05) is 22.3 Å². The van der Waals surface area contributed by atoms with Gasteiger partial charge in [0.15, 0.2) is 5.84 Å². The molecule has 128 valence electrons. The van der Waals surface area contributed by atoms with E-state index in [1.807, 2.05) is 48.7 Å². The molecule has 1 amide bonds. The van der Waals surface area contributed by atoms with E-state index in [0.717, 1.165) is 16.8 Å². The number of nitrogens with zero attached hydrogens (tertiary/aromatic N) is 3. The van der Waals surface area contributed by atoms with Crippen LogP contribution in [-0.4, -0.2) is 21.5 Å². The van der Waals surface area contributed by atoms with Gasteiger partial charge in [-0.25, -0.2) is 10.1 Å². The summed E-state index contributed by atoms with van der Waals surface area (Å²) < 4.78 is 1.76. The first-order valence-corrected chi connectivity index (χ1v) is 8.26. The van der Waals surface area contributed by atoms with Crippen LogP contribution in [0.3, 0.4) is 0 Å². The van der Waals surface area contributed by atoms with Crippen molar-refractivity contribution in [1.82, 2.24) is 15.2 Å². The molecule has 0 fully saturated rings. The smallest absolute Gasteiger partial charge is 0.275 e. The zero-order valence-corrected chi connectivity index (χ0v) is 14.3. The number of amides is 1. The van der Waals surface area contributed by atoms with Gasteiger partial charge < -0.3 is 5.73 Å². The Labute approximate surface area is 154 Å². The van der Waals surface area contributed by atoms with Gasteiger partial charge in [-0.15, -0.1) is 0 Å². The van der Waals surface area contributed by atoms with Crippen molar-refractivity contribution in [2.24, 2.45) is 10.8 Å². The van der Waals surface area contributed by atoms with Crippen LogP contribution in [0.15, 0.2) is 71.5 Å². The van der Waals surface area contributed by atoms with E-state index in [4.69, 9.17) is 17.3 Å². The third-order valence-corrected chi connectivity index (χ3v) is 4.23. The SMILES string of the molecule is NC1=NNC(=O)/C1=C/c1cn(-c2ccccc2)nc1-c1ccc(Cl)cc1. The molecular formula is C19H14ClN5O. The van der Waals surface area contributed by atoms with Crippen molar-refractivity contribution >= 4 is 29.4 Å². The molecule has 1 aliphatic rings. The molecule has 0 saturated carbocycles. The Hall–Kier alpha value is -3.38. The predicted octanol–water partition coefficient (Wildman–Crippen LogP) is 2.98. The highest BCUT2D eigenvalue weighted by Gasteiger charge is 2.21. The van der Waals surface area contributed by atoms with Crippen molar-refractivity contribution in [3.63, 3.8) is 0 Å². The quantitative estimate of drug-likeness (QED) is 0.701. The second-order valence-corrected chi connectivity index (χ2v) is 6.15. The molecule has 2 aromatic carbocycles. The fraction of sp³-hybridized carbons (Fsp3) is 0. The van der Waals surface area contributed by atoms with Gasteiger partial charge in [-0.1, -0.05) is 41.9 Å². The van der Waals surface area contributed by atoms with E-state index in [0.29, 0.717) is 16.3 Å². The zero-order valence-electron chi connectivity index (χ0n) is 13.6. The van der Waals surface area contributed by atoms with Crippen molar-refractivity contribution in [1.29, 1.82) is 0 Å². The maximum absolute atomic E-state index is 11.9. The third kappa shape index (κ3) is 2.98. The third-order valence-electron chi connectivity index (χ3n) is 3.98. The molecule has 1 aromatic heterocycles. The van der Waals surface area contributed by atoms with E-state index in [1.165, 1.54) is 0 Å². The Bertz CT molecular complexity index is 1040. The number of carbonyl (C=O) groups excluding carboxylic acids is 1. The minimum atomic E-state index is -0.336. The van der Waals surface area contributed by atoms with Crippen molar-refractivity contribution < 1.29 is 4.79 Å². The highest BCUT2D eigenvalue weighted by molar-refractivity contribution is 6.30. The van der Waals surface area contributed by atoms with Crippen LogP contribution in [0.4, 0.5) is 0 Å². The molecule has 0 spiro atoms. The van der Waals surface area contributed by atoms with Gasteiger partial charge in [0.05, 0.1) is 17.0 Å². The fourth-order valence-electron chi connectivity index (χ4n) is 2.68. The highest BCUT2D eigenvalue weighted by Crippen LogP contribution is 2.27. The number of hydrazone groups is 1. The summed E-state index contributed by atoms with van der Waals surface area (Å²) in [6.07, 6.45) is 3.54. The van der Waals surface area contributed by atoms with Gasteiger partial charge in [0.1, 0.15) is 0 Å². The number of benzene rings is 2. The van der Waals surface area contributed by atoms with Crippen LogP contribution in [0.25, 0.3) is 23.0 Å². The maximum atomic E-state index is 11.9. The number of carbonyl (C=O) groups is 1. The van der Waals surface area contributed by atoms with Crippen LogP contribution in [0.5, 0.6) is 0 Å². The van der Waals surface area contributed by atoms with Crippen LogP contribution in [0, 0.1) is 0 Å². The molecule has 6 nitrogen and oxygen atoms in total. The average Bonchev–Trinajstić information content (AvgIpc) is 3.22. The lowest BCUT2D eigenvalue weighted by molar-refractivity contribution is -0.116. The topological polar surface area (TPSA) is 85.3 Å². The first-order valence-electron chi connectivity index (χ1n) is 7.88. The van der Waals surface area contributed by atoms with E-state index < -0.39 is 0 Å². The number of amidine groups is 1. The summed E-state index contributed by atoms with van der Waals surface area (Å²) in [7, 11) is 0. The van der Waals surface area contributed by atoms with Gasteiger partial charge in [-0.3, -0.25) is 4.79 Å². The van der Waals surface area contributed by atoms with E-state index in [1.54, 1.807) is 22.9 Å². The number of hydrogen-bond acceptors (Lipinski definition) is 4. The molecule has 26 heavy (non-hydrogen) atoms. The molecule has 3 N–H and O–H groups in total. The molecule has 0 saturated heterocycles. The van der Waals surface area contributed by atoms with Crippen molar-refractivity contribution in [2.75, 3.05) is 0 Å². The Kier molecular flexibility index (Phi) is 4.02. The van der Waals surface area contributed by atoms with Gasteiger partial charge in [-0.05, 0) is 30.3 Å². The van der Waals surface area contributed by atoms with E-state index >= 15 is 0 Å². The Morgan fingerprint density at radius 2 is 1.81 bits per heavy atom. The molecule has 7 heteroatoms. The molecule has 0 radical (unpaired) electrons. The second kappa shape index (κ2) is 6.50. The zero-order chi connectivity index (χ0) is 18.1. The standard InChI is InChI=1S/C19H14ClN5O/c20-14-8-6-12(7-9-14)17-13(10-16-18(21)22-23-19(16)26)11-25(24-17)15-4-2-1-3-5-15/h1-11H,(H2,21,22)(H,23,26)/b16-10+. The molecule has 0 aliphatic carbocycles. The monoisotopic (exact) mass is 363 g/mol. The lowest BCUT2D eigenvalue weighted by Crippen LogP contribution is -2.16. The Morgan fingerprint density at radius 1 is 1.08 bits per heavy atom. The van der Waals surface area contributed by atoms with Crippen LogP contribution < -0.4 is 11.2 Å². The van der Waals surface area contributed by atoms with Gasteiger partial charge in [-0.2, -0.15) is 10.2 Å². The van der Waals surface area contributed by atoms with Crippen LogP contribution >= 0.6 is 11.6 Å². The number of aromatic nitrogens is 2. The molecule has 3 aromatic rings. The predicted molar refractivity (Wildman–Crippen MR) is 102 cm³/mol. The molecule has 1 aliphatic heterocycles. The summed E-state index contributed by atoms with van der Waals surface area (Å²) in [6.45, 7) is 0. The van der Waals surface area contributed by atoms with E-state index in [9.17, 15) is 4.79 Å². The number of nitrogens with one attached hydrogen (secondary N) is 1. The minimum absolute atomic E-state index is 0.157. The van der Waals surface area contributed by atoms with Crippen LogP contribution in [0.1, 0.15) is 5.56 Å². The van der Waals surface area contributed by atoms with Crippen LogP contribution in [-0.2, 0) is 4.79 Å². The molecule has 0 unspecified atom stereocenters. The van der Waals surface area contributed by atoms with Crippen LogP contribution in [0.2, 0.25) is 5.02 Å². The van der Waals surface area contributed by atoms with E-state index in [2.05, 4.69) is 15.6 Å². The summed E-state index contributed by atoms with van der Waals surface area (Å²) in [5.74, 6) is -0.179. The lowest BCUT2D eigenvalue weighted by atomic mass is 10.1. The normalized spacial score (nSPS) is 15.2. The number of para-hydroxylation sites is 1. The Morgan fingerprint density at radius 3 is 2.46 bits per heavy atom. The lowest BCUT2D eigenvalue weighted by Gasteiger charge is -2.01. The highest BCUT2D eigenvalue weighted by atomic mass is 35.5. The van der Waals surface area contributed by atoms with Gasteiger partial charge >= 0.3 is 0 Å².